The Morgan fingerprint density at radius 1 is 1.19 bits per heavy atom. The summed E-state index contributed by atoms with van der Waals surface area (Å²) in [7, 11) is 0. The minimum Gasteiger partial charge on any atom is -0.312 e. The van der Waals surface area contributed by atoms with E-state index in [1.807, 2.05) is 0 Å². The van der Waals surface area contributed by atoms with Crippen molar-refractivity contribution < 1.29 is 0 Å². The summed E-state index contributed by atoms with van der Waals surface area (Å²) in [4.78, 5) is 2.56. The fourth-order valence-corrected chi connectivity index (χ4v) is 3.95. The summed E-state index contributed by atoms with van der Waals surface area (Å²) in [5.74, 6) is 2.86. The molecule has 26 heavy (non-hydrogen) atoms. The number of nitrogens with zero attached hydrogens (tertiary/aromatic N) is 6. The van der Waals surface area contributed by atoms with Crippen LogP contribution in [0.4, 0.5) is 0 Å². The summed E-state index contributed by atoms with van der Waals surface area (Å²) in [6.07, 6.45) is 4.56. The second-order valence-corrected chi connectivity index (χ2v) is 7.67. The second-order valence-electron chi connectivity index (χ2n) is 7.67. The van der Waals surface area contributed by atoms with Gasteiger partial charge in [0, 0.05) is 43.4 Å². The van der Waals surface area contributed by atoms with Crippen LogP contribution in [0.1, 0.15) is 61.6 Å². The lowest BCUT2D eigenvalue weighted by Crippen LogP contribution is -2.34. The van der Waals surface area contributed by atoms with Gasteiger partial charge >= 0.3 is 0 Å². The van der Waals surface area contributed by atoms with Gasteiger partial charge in [0.2, 0.25) is 0 Å². The number of likely N-dealkylation sites (tertiary alicyclic amines) is 1. The van der Waals surface area contributed by atoms with Crippen LogP contribution in [0.3, 0.4) is 0 Å². The first kappa shape index (κ1) is 19.3. The Morgan fingerprint density at radius 2 is 1.96 bits per heavy atom. The number of nitrogens with one attached hydrogen (secondary N) is 1. The van der Waals surface area contributed by atoms with Crippen molar-refractivity contribution >= 4 is 12.4 Å². The summed E-state index contributed by atoms with van der Waals surface area (Å²) in [5.41, 5.74) is 2.52. The van der Waals surface area contributed by atoms with Crippen LogP contribution < -0.4 is 5.32 Å². The zero-order chi connectivity index (χ0) is 17.4. The number of fused-ring (bicyclic) bond motifs is 1. The van der Waals surface area contributed by atoms with Crippen LogP contribution in [0.5, 0.6) is 0 Å². The van der Waals surface area contributed by atoms with Gasteiger partial charge in [-0.1, -0.05) is 0 Å². The lowest BCUT2D eigenvalue weighted by Gasteiger charge is -2.32. The summed E-state index contributed by atoms with van der Waals surface area (Å²) >= 11 is 0. The Kier molecular flexibility index (Phi) is 5.99. The molecule has 1 saturated heterocycles. The molecule has 4 rings (SSSR count). The van der Waals surface area contributed by atoms with Crippen molar-refractivity contribution in [2.45, 2.75) is 65.2 Å². The fraction of sp³-hybridized carbons (Fsp3) is 0.722. The van der Waals surface area contributed by atoms with Gasteiger partial charge in [-0.15, -0.1) is 22.6 Å². The molecule has 144 valence electrons. The molecule has 2 aromatic heterocycles. The molecule has 0 spiro atoms. The molecule has 0 radical (unpaired) electrons. The third-order valence-electron chi connectivity index (χ3n) is 5.55. The fourth-order valence-electron chi connectivity index (χ4n) is 3.95. The van der Waals surface area contributed by atoms with Gasteiger partial charge < -0.3 is 9.88 Å². The third kappa shape index (κ3) is 3.80. The molecule has 4 heterocycles. The summed E-state index contributed by atoms with van der Waals surface area (Å²) in [6, 6.07) is 0.423. The Morgan fingerprint density at radius 3 is 2.65 bits per heavy atom. The maximum Gasteiger partial charge on any atom is 0.147 e. The normalized spacial score (nSPS) is 18.8. The van der Waals surface area contributed by atoms with Gasteiger partial charge in [0.15, 0.2) is 0 Å². The monoisotopic (exact) mass is 379 g/mol. The van der Waals surface area contributed by atoms with Crippen LogP contribution in [-0.4, -0.2) is 49.1 Å². The minimum absolute atomic E-state index is 0. The third-order valence-corrected chi connectivity index (χ3v) is 5.55. The zero-order valence-corrected chi connectivity index (χ0v) is 16.8. The first-order chi connectivity index (χ1) is 12.1. The molecule has 8 heteroatoms. The van der Waals surface area contributed by atoms with Gasteiger partial charge in [0.05, 0.1) is 12.2 Å². The second kappa shape index (κ2) is 8.06. The van der Waals surface area contributed by atoms with Gasteiger partial charge in [-0.25, -0.2) is 0 Å². The van der Waals surface area contributed by atoms with E-state index in [0.717, 1.165) is 50.8 Å². The molecule has 0 amide bonds. The van der Waals surface area contributed by atoms with Crippen LogP contribution in [-0.2, 0) is 19.6 Å². The molecule has 0 aliphatic carbocycles. The molecule has 0 atom stereocenters. The highest BCUT2D eigenvalue weighted by atomic mass is 35.5. The first-order valence-corrected chi connectivity index (χ1v) is 9.51. The number of hydrogen-bond donors (Lipinski definition) is 1. The summed E-state index contributed by atoms with van der Waals surface area (Å²) in [5, 5.41) is 16.9. The van der Waals surface area contributed by atoms with E-state index >= 15 is 0 Å². The average molecular weight is 380 g/mol. The van der Waals surface area contributed by atoms with Crippen LogP contribution in [0, 0.1) is 6.92 Å². The molecule has 0 unspecified atom stereocenters. The number of piperidine rings is 1. The van der Waals surface area contributed by atoms with Gasteiger partial charge in [-0.2, -0.15) is 5.10 Å². The largest absolute Gasteiger partial charge is 0.312 e. The quantitative estimate of drug-likeness (QED) is 0.882. The van der Waals surface area contributed by atoms with E-state index in [0.29, 0.717) is 12.0 Å². The van der Waals surface area contributed by atoms with Crippen molar-refractivity contribution in [1.82, 2.24) is 34.8 Å². The highest BCUT2D eigenvalue weighted by Crippen LogP contribution is 2.28. The Balaban J connectivity index is 0.00000196. The molecular weight excluding hydrogens is 350 g/mol. The molecule has 2 aliphatic rings. The van der Waals surface area contributed by atoms with Gasteiger partial charge in [0.25, 0.3) is 0 Å². The van der Waals surface area contributed by atoms with E-state index in [4.69, 9.17) is 0 Å². The minimum atomic E-state index is 0. The van der Waals surface area contributed by atoms with E-state index in [2.05, 4.69) is 61.7 Å². The number of aromatic nitrogens is 5. The maximum absolute atomic E-state index is 4.64. The van der Waals surface area contributed by atoms with Crippen LogP contribution in [0.15, 0.2) is 6.20 Å². The van der Waals surface area contributed by atoms with Gasteiger partial charge in [-0.3, -0.25) is 9.58 Å². The SMILES string of the molecule is Cc1nn(C(C)C)cc1CN1CCC(c2nnc3n2CCNC3)CC1.Cl. The first-order valence-electron chi connectivity index (χ1n) is 9.51. The van der Waals surface area contributed by atoms with Crippen molar-refractivity contribution in [3.63, 3.8) is 0 Å². The number of aryl methyl sites for hydroxylation is 1. The van der Waals surface area contributed by atoms with E-state index in [9.17, 15) is 0 Å². The predicted molar refractivity (Wildman–Crippen MR) is 104 cm³/mol. The molecule has 2 aromatic rings. The molecule has 0 aromatic carbocycles. The molecule has 2 aliphatic heterocycles. The summed E-state index contributed by atoms with van der Waals surface area (Å²) in [6.45, 7) is 12.6. The Bertz CT molecular complexity index is 728. The van der Waals surface area contributed by atoms with Crippen LogP contribution >= 0.6 is 12.4 Å². The Labute approximate surface area is 161 Å². The van der Waals surface area contributed by atoms with Crippen molar-refractivity contribution in [2.24, 2.45) is 0 Å². The smallest absolute Gasteiger partial charge is 0.147 e. The van der Waals surface area contributed by atoms with Gasteiger partial charge in [-0.05, 0) is 46.7 Å². The predicted octanol–water partition coefficient (Wildman–Crippen LogP) is 2.27. The highest BCUT2D eigenvalue weighted by molar-refractivity contribution is 5.85. The van der Waals surface area contributed by atoms with Crippen molar-refractivity contribution in [3.05, 3.63) is 29.1 Å². The summed E-state index contributed by atoms with van der Waals surface area (Å²) < 4.78 is 4.42. The van der Waals surface area contributed by atoms with Crippen LogP contribution in [0.2, 0.25) is 0 Å². The van der Waals surface area contributed by atoms with E-state index < -0.39 is 0 Å². The molecule has 1 N–H and O–H groups in total. The van der Waals surface area contributed by atoms with E-state index in [1.165, 1.54) is 24.2 Å². The topological polar surface area (TPSA) is 63.8 Å². The number of hydrogen-bond acceptors (Lipinski definition) is 5. The molecular formula is C18H30ClN7. The maximum atomic E-state index is 4.64. The van der Waals surface area contributed by atoms with Crippen molar-refractivity contribution in [3.8, 4) is 0 Å². The molecule has 7 nitrogen and oxygen atoms in total. The standard InChI is InChI=1S/C18H29N7.ClH/c1-13(2)25-12-16(14(3)22-25)11-23-7-4-15(5-8-23)18-21-20-17-10-19-6-9-24(17)18;/h12-13,15,19H,4-11H2,1-3H3;1H. The molecule has 0 bridgehead atoms. The van der Waals surface area contributed by atoms with E-state index in [1.54, 1.807) is 0 Å². The zero-order valence-electron chi connectivity index (χ0n) is 16.0. The molecule has 0 saturated carbocycles. The number of rotatable bonds is 4. The lowest BCUT2D eigenvalue weighted by molar-refractivity contribution is 0.199. The lowest BCUT2D eigenvalue weighted by atomic mass is 9.95. The Hall–Kier alpha value is -1.44. The highest BCUT2D eigenvalue weighted by Gasteiger charge is 2.27. The number of halogens is 1. The molecule has 1 fully saturated rings. The van der Waals surface area contributed by atoms with Crippen LogP contribution in [0.25, 0.3) is 0 Å². The van der Waals surface area contributed by atoms with E-state index in [-0.39, 0.29) is 12.4 Å². The van der Waals surface area contributed by atoms with Crippen molar-refractivity contribution in [1.29, 1.82) is 0 Å². The van der Waals surface area contributed by atoms with Crippen molar-refractivity contribution in [2.75, 3.05) is 19.6 Å². The average Bonchev–Trinajstić information content (AvgIpc) is 3.20. The van der Waals surface area contributed by atoms with Gasteiger partial charge in [0.1, 0.15) is 11.6 Å².